The van der Waals surface area contributed by atoms with Crippen LogP contribution in [-0.2, 0) is 22.6 Å². The second kappa shape index (κ2) is 12.6. The zero-order valence-corrected chi connectivity index (χ0v) is 21.6. The molecule has 3 aromatic carbocycles. The predicted molar refractivity (Wildman–Crippen MR) is 141 cm³/mol. The van der Waals surface area contributed by atoms with Gasteiger partial charge in [-0.05, 0) is 61.7 Å². The Balaban J connectivity index is 1.93. The van der Waals surface area contributed by atoms with Crippen molar-refractivity contribution in [1.29, 1.82) is 0 Å². The zero-order chi connectivity index (χ0) is 25.4. The maximum Gasteiger partial charge on any atom is 0.261 e. The second-order valence-electron chi connectivity index (χ2n) is 8.74. The van der Waals surface area contributed by atoms with E-state index in [0.717, 1.165) is 16.7 Å². The molecule has 0 aliphatic rings. The van der Waals surface area contributed by atoms with Gasteiger partial charge in [0.1, 0.15) is 11.8 Å². The summed E-state index contributed by atoms with van der Waals surface area (Å²) in [5.41, 5.74) is 2.74. The topological polar surface area (TPSA) is 58.6 Å². The van der Waals surface area contributed by atoms with Crippen LogP contribution in [0.5, 0.6) is 5.75 Å². The second-order valence-corrected chi connectivity index (χ2v) is 9.56. The smallest absolute Gasteiger partial charge is 0.261 e. The molecule has 0 radical (unpaired) electrons. The van der Waals surface area contributed by atoms with Gasteiger partial charge in [-0.25, -0.2) is 0 Å². The van der Waals surface area contributed by atoms with Crippen LogP contribution in [0.1, 0.15) is 30.5 Å². The first kappa shape index (κ1) is 26.6. The van der Waals surface area contributed by atoms with E-state index in [-0.39, 0.29) is 31.0 Å². The highest BCUT2D eigenvalue weighted by molar-refractivity contribution is 6.42. The van der Waals surface area contributed by atoms with E-state index in [1.54, 1.807) is 29.2 Å². The lowest BCUT2D eigenvalue weighted by Crippen LogP contribution is -2.52. The number of carbonyl (C=O) groups excluding carboxylic acids is 2. The summed E-state index contributed by atoms with van der Waals surface area (Å²) in [4.78, 5) is 28.4. The molecule has 0 saturated carbocycles. The summed E-state index contributed by atoms with van der Waals surface area (Å²) in [7, 11) is 0. The number of hydrogen-bond acceptors (Lipinski definition) is 3. The largest absolute Gasteiger partial charge is 0.484 e. The monoisotopic (exact) mass is 512 g/mol. The van der Waals surface area contributed by atoms with Crippen LogP contribution in [0.3, 0.4) is 0 Å². The average Bonchev–Trinajstić information content (AvgIpc) is 2.82. The highest BCUT2D eigenvalue weighted by Crippen LogP contribution is 2.24. The van der Waals surface area contributed by atoms with Gasteiger partial charge in [0, 0.05) is 19.0 Å². The number of halogens is 2. The molecule has 0 heterocycles. The van der Waals surface area contributed by atoms with Crippen molar-refractivity contribution in [3.05, 3.63) is 99.5 Å². The SMILES string of the molecule is Cc1cccc(OCC(=O)N(Cc2ccc(Cl)c(Cl)c2)[C@H](Cc2ccccc2)C(=O)NC(C)C)c1. The molecule has 0 aliphatic heterocycles. The number of aryl methyl sites for hydroxylation is 1. The molecule has 35 heavy (non-hydrogen) atoms. The van der Waals surface area contributed by atoms with Crippen LogP contribution in [0.2, 0.25) is 10.0 Å². The molecule has 7 heteroatoms. The summed E-state index contributed by atoms with van der Waals surface area (Å²) in [5, 5.41) is 3.78. The van der Waals surface area contributed by atoms with E-state index in [4.69, 9.17) is 27.9 Å². The van der Waals surface area contributed by atoms with Crippen LogP contribution in [0.15, 0.2) is 72.8 Å². The average molecular weight is 513 g/mol. The van der Waals surface area contributed by atoms with Crippen molar-refractivity contribution in [2.45, 2.75) is 45.8 Å². The Bertz CT molecular complexity index is 1150. The summed E-state index contributed by atoms with van der Waals surface area (Å²) >= 11 is 12.3. The molecule has 3 rings (SSSR count). The van der Waals surface area contributed by atoms with Crippen LogP contribution in [0.25, 0.3) is 0 Å². The number of carbonyl (C=O) groups is 2. The lowest BCUT2D eigenvalue weighted by molar-refractivity contribution is -0.143. The Morgan fingerprint density at radius 1 is 0.914 bits per heavy atom. The molecule has 0 saturated heterocycles. The summed E-state index contributed by atoms with van der Waals surface area (Å²) in [6.45, 7) is 5.71. The molecule has 2 amide bonds. The van der Waals surface area contributed by atoms with Gasteiger partial charge >= 0.3 is 0 Å². The maximum atomic E-state index is 13.5. The molecule has 184 valence electrons. The number of hydrogen-bond donors (Lipinski definition) is 1. The number of benzene rings is 3. The minimum absolute atomic E-state index is 0.0776. The van der Waals surface area contributed by atoms with Gasteiger partial charge in [-0.1, -0.05) is 71.7 Å². The molecule has 1 atom stereocenters. The van der Waals surface area contributed by atoms with Crippen molar-refractivity contribution >= 4 is 35.0 Å². The van der Waals surface area contributed by atoms with Crippen LogP contribution in [0, 0.1) is 6.92 Å². The van der Waals surface area contributed by atoms with E-state index in [1.165, 1.54) is 0 Å². The van der Waals surface area contributed by atoms with Crippen LogP contribution in [-0.4, -0.2) is 35.4 Å². The molecule has 0 fully saturated rings. The number of amides is 2. The standard InChI is InChI=1S/C28H30Cl2N2O3/c1-19(2)31-28(34)26(16-21-9-5-4-6-10-21)32(17-22-12-13-24(29)25(30)15-22)27(33)18-35-23-11-7-8-20(3)14-23/h4-15,19,26H,16-18H2,1-3H3,(H,31,34)/t26-/m1/s1. The Labute approximate surface area is 217 Å². The Morgan fingerprint density at radius 3 is 2.31 bits per heavy atom. The minimum Gasteiger partial charge on any atom is -0.484 e. The summed E-state index contributed by atoms with van der Waals surface area (Å²) in [5.74, 6) is 0.0595. The van der Waals surface area contributed by atoms with Crippen LogP contribution >= 0.6 is 23.2 Å². The fourth-order valence-corrected chi connectivity index (χ4v) is 4.02. The normalized spacial score (nSPS) is 11.7. The van der Waals surface area contributed by atoms with Gasteiger partial charge in [0.15, 0.2) is 6.61 Å². The van der Waals surface area contributed by atoms with Crippen molar-refractivity contribution in [3.8, 4) is 5.75 Å². The third-order valence-corrected chi connectivity index (χ3v) is 6.13. The van der Waals surface area contributed by atoms with E-state index in [9.17, 15) is 9.59 Å². The van der Waals surface area contributed by atoms with Gasteiger partial charge in [0.25, 0.3) is 5.91 Å². The third kappa shape index (κ3) is 8.01. The molecule has 0 unspecified atom stereocenters. The van der Waals surface area contributed by atoms with Gasteiger partial charge in [-0.3, -0.25) is 9.59 Å². The molecule has 1 N–H and O–H groups in total. The van der Waals surface area contributed by atoms with Gasteiger partial charge in [-0.15, -0.1) is 0 Å². The van der Waals surface area contributed by atoms with Gasteiger partial charge < -0.3 is 15.0 Å². The first-order chi connectivity index (χ1) is 16.7. The van der Waals surface area contributed by atoms with Crippen molar-refractivity contribution in [3.63, 3.8) is 0 Å². The lowest BCUT2D eigenvalue weighted by atomic mass is 10.0. The molecule has 5 nitrogen and oxygen atoms in total. The molecule has 3 aromatic rings. The zero-order valence-electron chi connectivity index (χ0n) is 20.1. The summed E-state index contributed by atoms with van der Waals surface area (Å²) in [6, 6.07) is 21.5. The fraction of sp³-hybridized carbons (Fsp3) is 0.286. The molecular weight excluding hydrogens is 483 g/mol. The van der Waals surface area contributed by atoms with Crippen LogP contribution in [0.4, 0.5) is 0 Å². The Kier molecular flexibility index (Phi) is 9.58. The molecule has 0 spiro atoms. The number of rotatable bonds is 10. The third-order valence-electron chi connectivity index (χ3n) is 5.39. The van der Waals surface area contributed by atoms with Crippen molar-refractivity contribution in [1.82, 2.24) is 10.2 Å². The van der Waals surface area contributed by atoms with E-state index < -0.39 is 6.04 Å². The van der Waals surface area contributed by atoms with E-state index in [1.807, 2.05) is 69.3 Å². The molecule has 0 bridgehead atoms. The number of nitrogens with zero attached hydrogens (tertiary/aromatic N) is 1. The summed E-state index contributed by atoms with van der Waals surface area (Å²) < 4.78 is 5.80. The van der Waals surface area contributed by atoms with Crippen molar-refractivity contribution < 1.29 is 14.3 Å². The number of ether oxygens (including phenoxy) is 1. The van der Waals surface area contributed by atoms with E-state index in [2.05, 4.69) is 5.32 Å². The Hall–Kier alpha value is -3.02. The van der Waals surface area contributed by atoms with Gasteiger partial charge in [0.2, 0.25) is 5.91 Å². The first-order valence-corrected chi connectivity index (χ1v) is 12.3. The molecular formula is C28H30Cl2N2O3. The van der Waals surface area contributed by atoms with Crippen LogP contribution < -0.4 is 10.1 Å². The predicted octanol–water partition coefficient (Wildman–Crippen LogP) is 5.85. The fourth-order valence-electron chi connectivity index (χ4n) is 3.70. The highest BCUT2D eigenvalue weighted by atomic mass is 35.5. The van der Waals surface area contributed by atoms with E-state index in [0.29, 0.717) is 22.2 Å². The van der Waals surface area contributed by atoms with Gasteiger partial charge in [0.05, 0.1) is 10.0 Å². The van der Waals surface area contributed by atoms with Crippen molar-refractivity contribution in [2.24, 2.45) is 0 Å². The Morgan fingerprint density at radius 2 is 1.66 bits per heavy atom. The number of nitrogens with one attached hydrogen (secondary N) is 1. The van der Waals surface area contributed by atoms with Crippen molar-refractivity contribution in [2.75, 3.05) is 6.61 Å². The first-order valence-electron chi connectivity index (χ1n) is 11.5. The molecule has 0 aromatic heterocycles. The van der Waals surface area contributed by atoms with E-state index >= 15 is 0 Å². The summed E-state index contributed by atoms with van der Waals surface area (Å²) in [6.07, 6.45) is 0.358. The lowest BCUT2D eigenvalue weighted by Gasteiger charge is -2.32. The minimum atomic E-state index is -0.747. The van der Waals surface area contributed by atoms with Gasteiger partial charge in [-0.2, -0.15) is 0 Å². The quantitative estimate of drug-likeness (QED) is 0.370. The maximum absolute atomic E-state index is 13.5. The highest BCUT2D eigenvalue weighted by Gasteiger charge is 2.31. The molecule has 0 aliphatic carbocycles.